The van der Waals surface area contributed by atoms with E-state index in [2.05, 4.69) is 52.7 Å². The Hall–Kier alpha value is -3.52. The first kappa shape index (κ1) is 23.9. The minimum atomic E-state index is -0.0435. The number of para-hydroxylation sites is 2. The van der Waals surface area contributed by atoms with E-state index in [-0.39, 0.29) is 12.3 Å². The maximum Gasteiger partial charge on any atom is 0.228 e. The number of amides is 1. The van der Waals surface area contributed by atoms with Gasteiger partial charge in [-0.05, 0) is 41.8 Å². The van der Waals surface area contributed by atoms with E-state index in [1.54, 1.807) is 22.7 Å². The van der Waals surface area contributed by atoms with Gasteiger partial charge in [-0.2, -0.15) is 0 Å². The van der Waals surface area contributed by atoms with Crippen LogP contribution in [0.5, 0.6) is 5.75 Å². The summed E-state index contributed by atoms with van der Waals surface area (Å²) < 4.78 is 6.91. The van der Waals surface area contributed by atoms with Crippen molar-refractivity contribution < 1.29 is 9.53 Å². The number of aromatic nitrogens is 1. The van der Waals surface area contributed by atoms with Gasteiger partial charge in [0.1, 0.15) is 15.8 Å². The number of thiazole rings is 1. The molecular weight excluding hydrogens is 498 g/mol. The van der Waals surface area contributed by atoms with Crippen molar-refractivity contribution in [1.82, 2.24) is 9.88 Å². The fourth-order valence-corrected chi connectivity index (χ4v) is 7.11. The number of anilines is 1. The Bertz CT molecular complexity index is 1480. The standard InChI is InChI=1S/C30H27N3O2S2/c34-27(16-18-35-22-11-5-2-6-12-22)32-30-28(29-31-24-13-7-8-14-25(24)36-29)23-15-17-33(20-26(23)37-30)19-21-9-3-1-4-10-21/h1-14H,15-20H2,(H,32,34). The summed E-state index contributed by atoms with van der Waals surface area (Å²) in [6.45, 7) is 3.12. The van der Waals surface area contributed by atoms with Crippen LogP contribution in [0.3, 0.4) is 0 Å². The largest absolute Gasteiger partial charge is 0.493 e. The summed E-state index contributed by atoms with van der Waals surface area (Å²) in [5, 5.41) is 5.09. The number of thiophene rings is 1. The van der Waals surface area contributed by atoms with E-state index in [9.17, 15) is 4.79 Å². The third-order valence-corrected chi connectivity index (χ3v) is 8.67. The van der Waals surface area contributed by atoms with E-state index in [0.717, 1.165) is 57.6 Å². The SMILES string of the molecule is O=C(CCOc1ccccc1)Nc1sc2c(c1-c1nc3ccccc3s1)CCN(Cc1ccccc1)C2. The van der Waals surface area contributed by atoms with Gasteiger partial charge >= 0.3 is 0 Å². The molecule has 0 saturated heterocycles. The molecule has 3 heterocycles. The third kappa shape index (κ3) is 5.44. The van der Waals surface area contributed by atoms with Crippen LogP contribution in [0.1, 0.15) is 22.4 Å². The molecule has 7 heteroatoms. The quantitative estimate of drug-likeness (QED) is 0.237. The van der Waals surface area contributed by atoms with Gasteiger partial charge in [0, 0.05) is 30.1 Å². The number of hydrogen-bond donors (Lipinski definition) is 1. The fraction of sp³-hybridized carbons (Fsp3) is 0.200. The van der Waals surface area contributed by atoms with Crippen LogP contribution in [-0.4, -0.2) is 28.9 Å². The molecule has 0 unspecified atom stereocenters. The molecule has 2 aromatic heterocycles. The van der Waals surface area contributed by atoms with Crippen LogP contribution in [-0.2, 0) is 24.3 Å². The fourth-order valence-electron chi connectivity index (χ4n) is 4.69. The van der Waals surface area contributed by atoms with E-state index in [0.29, 0.717) is 6.61 Å². The molecule has 0 saturated carbocycles. The number of benzene rings is 3. The zero-order chi connectivity index (χ0) is 25.0. The minimum Gasteiger partial charge on any atom is -0.493 e. The molecule has 37 heavy (non-hydrogen) atoms. The smallest absolute Gasteiger partial charge is 0.228 e. The summed E-state index contributed by atoms with van der Waals surface area (Å²) in [4.78, 5) is 21.7. The van der Waals surface area contributed by atoms with Gasteiger partial charge in [0.25, 0.3) is 0 Å². The number of carbonyl (C=O) groups excluding carboxylic acids is 1. The van der Waals surface area contributed by atoms with E-state index >= 15 is 0 Å². The first-order valence-electron chi connectivity index (χ1n) is 12.5. The molecule has 5 nitrogen and oxygen atoms in total. The molecule has 1 amide bonds. The van der Waals surface area contributed by atoms with Crippen LogP contribution in [0.2, 0.25) is 0 Å². The average Bonchev–Trinajstić information content (AvgIpc) is 3.50. The molecule has 6 rings (SSSR count). The number of ether oxygens (including phenoxy) is 1. The topological polar surface area (TPSA) is 54.5 Å². The van der Waals surface area contributed by atoms with E-state index in [1.807, 2.05) is 42.5 Å². The third-order valence-electron chi connectivity index (χ3n) is 6.49. The lowest BCUT2D eigenvalue weighted by atomic mass is 10.0. The van der Waals surface area contributed by atoms with Crippen LogP contribution in [0.25, 0.3) is 20.8 Å². The summed E-state index contributed by atoms with van der Waals surface area (Å²) >= 11 is 3.39. The molecule has 1 N–H and O–H groups in total. The molecule has 0 spiro atoms. The van der Waals surface area contributed by atoms with Crippen molar-refractivity contribution >= 4 is 43.8 Å². The molecule has 1 aliphatic heterocycles. The van der Waals surface area contributed by atoms with Gasteiger partial charge in [-0.3, -0.25) is 9.69 Å². The Morgan fingerprint density at radius 1 is 0.946 bits per heavy atom. The summed E-state index contributed by atoms with van der Waals surface area (Å²) in [5.41, 5.74) is 4.74. The van der Waals surface area contributed by atoms with E-state index in [4.69, 9.17) is 9.72 Å². The maximum atomic E-state index is 13.0. The van der Waals surface area contributed by atoms with Crippen molar-refractivity contribution in [2.45, 2.75) is 25.9 Å². The average molecular weight is 526 g/mol. The normalized spacial score (nSPS) is 13.4. The lowest BCUT2D eigenvalue weighted by molar-refractivity contribution is -0.116. The molecule has 5 aromatic rings. The van der Waals surface area contributed by atoms with Gasteiger partial charge in [-0.15, -0.1) is 22.7 Å². The maximum absolute atomic E-state index is 13.0. The highest BCUT2D eigenvalue weighted by atomic mass is 32.1. The Morgan fingerprint density at radius 2 is 1.70 bits per heavy atom. The highest BCUT2D eigenvalue weighted by Crippen LogP contribution is 2.45. The van der Waals surface area contributed by atoms with Crippen LogP contribution in [0.15, 0.2) is 84.9 Å². The van der Waals surface area contributed by atoms with Gasteiger partial charge in [-0.25, -0.2) is 4.98 Å². The lowest BCUT2D eigenvalue weighted by Gasteiger charge is -2.27. The second kappa shape index (κ2) is 10.8. The van der Waals surface area contributed by atoms with Crippen LogP contribution in [0.4, 0.5) is 5.00 Å². The van der Waals surface area contributed by atoms with Crippen molar-refractivity contribution in [3.63, 3.8) is 0 Å². The van der Waals surface area contributed by atoms with Crippen LogP contribution >= 0.6 is 22.7 Å². The second-order valence-electron chi connectivity index (χ2n) is 9.10. The number of nitrogens with zero attached hydrogens (tertiary/aromatic N) is 2. The summed E-state index contributed by atoms with van der Waals surface area (Å²) in [6, 6.07) is 28.4. The monoisotopic (exact) mass is 525 g/mol. The highest BCUT2D eigenvalue weighted by Gasteiger charge is 2.27. The first-order chi connectivity index (χ1) is 18.2. The predicted molar refractivity (Wildman–Crippen MR) is 152 cm³/mol. The Kier molecular flexibility index (Phi) is 6.99. The highest BCUT2D eigenvalue weighted by molar-refractivity contribution is 7.22. The molecule has 0 atom stereocenters. The Labute approximate surface area is 224 Å². The van der Waals surface area contributed by atoms with Gasteiger partial charge in [0.2, 0.25) is 5.91 Å². The molecule has 0 fully saturated rings. The molecular formula is C30H27N3O2S2. The number of rotatable bonds is 8. The molecule has 0 bridgehead atoms. The van der Waals surface area contributed by atoms with E-state index < -0.39 is 0 Å². The van der Waals surface area contributed by atoms with Crippen molar-refractivity contribution in [3.05, 3.63) is 101 Å². The minimum absolute atomic E-state index is 0.0435. The van der Waals surface area contributed by atoms with Crippen molar-refractivity contribution in [2.24, 2.45) is 0 Å². The number of fused-ring (bicyclic) bond motifs is 2. The number of carbonyl (C=O) groups is 1. The summed E-state index contributed by atoms with van der Waals surface area (Å²) in [7, 11) is 0. The summed E-state index contributed by atoms with van der Waals surface area (Å²) in [5.74, 6) is 0.730. The lowest BCUT2D eigenvalue weighted by Crippen LogP contribution is -2.29. The number of nitrogens with one attached hydrogen (secondary N) is 1. The second-order valence-corrected chi connectivity index (χ2v) is 11.2. The predicted octanol–water partition coefficient (Wildman–Crippen LogP) is 6.99. The van der Waals surface area contributed by atoms with Crippen molar-refractivity contribution in [3.8, 4) is 16.3 Å². The molecule has 186 valence electrons. The van der Waals surface area contributed by atoms with Gasteiger partial charge < -0.3 is 10.1 Å². The zero-order valence-electron chi connectivity index (χ0n) is 20.4. The van der Waals surface area contributed by atoms with Crippen molar-refractivity contribution in [1.29, 1.82) is 0 Å². The summed E-state index contributed by atoms with van der Waals surface area (Å²) in [6.07, 6.45) is 1.23. The molecule has 3 aromatic carbocycles. The van der Waals surface area contributed by atoms with Crippen LogP contribution < -0.4 is 10.1 Å². The number of hydrogen-bond acceptors (Lipinski definition) is 6. The molecule has 0 aliphatic carbocycles. The van der Waals surface area contributed by atoms with Gasteiger partial charge in [0.05, 0.1) is 23.2 Å². The first-order valence-corrected chi connectivity index (χ1v) is 14.1. The molecule has 1 aliphatic rings. The van der Waals surface area contributed by atoms with Crippen LogP contribution in [0, 0.1) is 0 Å². The molecule has 0 radical (unpaired) electrons. The zero-order valence-corrected chi connectivity index (χ0v) is 22.0. The van der Waals surface area contributed by atoms with Crippen molar-refractivity contribution in [2.75, 3.05) is 18.5 Å². The Morgan fingerprint density at radius 3 is 2.51 bits per heavy atom. The van der Waals surface area contributed by atoms with Gasteiger partial charge in [-0.1, -0.05) is 60.7 Å². The Balaban J connectivity index is 1.24. The van der Waals surface area contributed by atoms with Gasteiger partial charge in [0.15, 0.2) is 0 Å². The van der Waals surface area contributed by atoms with E-state index in [1.165, 1.54) is 16.0 Å².